The number of likely N-dealkylation sites (tertiary alicyclic amines) is 2. The molecule has 2 aromatic rings. The summed E-state index contributed by atoms with van der Waals surface area (Å²) in [5.41, 5.74) is 6.38. The minimum atomic E-state index is -2.77. The van der Waals surface area contributed by atoms with E-state index in [9.17, 15) is 22.8 Å². The summed E-state index contributed by atoms with van der Waals surface area (Å²) in [6, 6.07) is -0.227. The maximum Gasteiger partial charge on any atom is 0.282 e. The number of piperidine rings is 2. The number of nitrogens with zero attached hydrogens (tertiary/aromatic N) is 5. The maximum absolute atomic E-state index is 13.8. The first-order valence-electron chi connectivity index (χ1n) is 15.9. The van der Waals surface area contributed by atoms with E-state index in [0.29, 0.717) is 32.5 Å². The van der Waals surface area contributed by atoms with Crippen LogP contribution in [0.15, 0.2) is 12.4 Å². The van der Waals surface area contributed by atoms with Crippen LogP contribution < -0.4 is 16.4 Å². The highest BCUT2D eigenvalue weighted by Crippen LogP contribution is 2.43. The fourth-order valence-corrected chi connectivity index (χ4v) is 8.07. The first-order valence-corrected chi connectivity index (χ1v) is 15.9. The summed E-state index contributed by atoms with van der Waals surface area (Å²) in [6.07, 6.45) is 13.8. The molecule has 2 amide bonds. The molecule has 13 heteroatoms. The van der Waals surface area contributed by atoms with Crippen molar-refractivity contribution in [1.29, 1.82) is 0 Å². The van der Waals surface area contributed by atoms with Gasteiger partial charge in [-0.2, -0.15) is 0 Å². The average molecular weight is 605 g/mol. The van der Waals surface area contributed by atoms with Gasteiger partial charge in [0.2, 0.25) is 5.91 Å². The fraction of sp³-hybridized carbons (Fsp3) is 0.733. The molecule has 236 valence electrons. The number of hydrogen-bond donors (Lipinski definition) is 3. The van der Waals surface area contributed by atoms with Crippen LogP contribution in [-0.2, 0) is 4.79 Å². The van der Waals surface area contributed by atoms with E-state index in [0.717, 1.165) is 44.6 Å². The Morgan fingerprint density at radius 2 is 1.67 bits per heavy atom. The number of hydrogen-bond acceptors (Lipinski definition) is 7. The quantitative estimate of drug-likeness (QED) is 0.490. The fourth-order valence-electron chi connectivity index (χ4n) is 8.07. The molecular formula is C30H43F3N8O2. The summed E-state index contributed by atoms with van der Waals surface area (Å²) >= 11 is 0. The van der Waals surface area contributed by atoms with E-state index in [4.69, 9.17) is 5.73 Å². The molecule has 5 heterocycles. The van der Waals surface area contributed by atoms with Gasteiger partial charge in [-0.25, -0.2) is 22.7 Å². The number of carbonyl (C=O) groups excluding carboxylic acids is 2. The molecule has 2 atom stereocenters. The van der Waals surface area contributed by atoms with Crippen LogP contribution in [0.25, 0.3) is 5.65 Å². The van der Waals surface area contributed by atoms with Crippen molar-refractivity contribution >= 4 is 23.3 Å². The molecule has 43 heavy (non-hydrogen) atoms. The Hall–Kier alpha value is -2.93. The van der Waals surface area contributed by atoms with E-state index in [1.54, 1.807) is 0 Å². The largest absolute Gasteiger partial charge is 0.381 e. The molecule has 3 saturated heterocycles. The molecule has 1 aliphatic carbocycles. The molecule has 6 rings (SSSR count). The Kier molecular flexibility index (Phi) is 8.56. The number of halogens is 3. The lowest BCUT2D eigenvalue weighted by atomic mass is 9.66. The Morgan fingerprint density at radius 3 is 2.33 bits per heavy atom. The molecule has 0 bridgehead atoms. The van der Waals surface area contributed by atoms with E-state index in [1.165, 1.54) is 41.5 Å². The number of amides is 2. The second-order valence-corrected chi connectivity index (χ2v) is 13.2. The number of nitrogen functional groups attached to an aromatic ring is 1. The van der Waals surface area contributed by atoms with Gasteiger partial charge in [0.05, 0.1) is 31.5 Å². The number of nitrogens with one attached hydrogen (secondary N) is 2. The highest BCUT2D eigenvalue weighted by molar-refractivity contribution is 6.04. The number of anilines is 1. The Labute approximate surface area is 249 Å². The third-order valence-corrected chi connectivity index (χ3v) is 10.1. The summed E-state index contributed by atoms with van der Waals surface area (Å²) in [4.78, 5) is 34.6. The first kappa shape index (κ1) is 30.1. The van der Waals surface area contributed by atoms with Crippen LogP contribution in [-0.4, -0.2) is 93.5 Å². The number of alkyl halides is 2. The zero-order valence-electron chi connectivity index (χ0n) is 24.7. The summed E-state index contributed by atoms with van der Waals surface area (Å²) in [7, 11) is 0. The van der Waals surface area contributed by atoms with Gasteiger partial charge in [0.25, 0.3) is 11.8 Å². The Bertz CT molecular complexity index is 1310. The van der Waals surface area contributed by atoms with Crippen LogP contribution in [0.4, 0.5) is 19.0 Å². The van der Waals surface area contributed by atoms with Crippen LogP contribution >= 0.6 is 0 Å². The van der Waals surface area contributed by atoms with E-state index >= 15 is 0 Å². The molecule has 4 aliphatic rings. The summed E-state index contributed by atoms with van der Waals surface area (Å²) in [6.45, 7) is 1.79. The van der Waals surface area contributed by atoms with Crippen LogP contribution in [0.2, 0.25) is 0 Å². The van der Waals surface area contributed by atoms with Gasteiger partial charge in [0.15, 0.2) is 17.3 Å². The third kappa shape index (κ3) is 6.20. The van der Waals surface area contributed by atoms with Gasteiger partial charge in [-0.1, -0.05) is 44.9 Å². The van der Waals surface area contributed by atoms with Crippen molar-refractivity contribution in [2.24, 2.45) is 11.3 Å². The van der Waals surface area contributed by atoms with Gasteiger partial charge >= 0.3 is 0 Å². The van der Waals surface area contributed by atoms with Crippen LogP contribution in [0.1, 0.15) is 81.0 Å². The second kappa shape index (κ2) is 12.2. The molecule has 4 fully saturated rings. The highest BCUT2D eigenvalue weighted by Gasteiger charge is 2.51. The van der Waals surface area contributed by atoms with Crippen molar-refractivity contribution in [2.45, 2.75) is 88.6 Å². The minimum Gasteiger partial charge on any atom is -0.381 e. The Balaban J connectivity index is 1.24. The van der Waals surface area contributed by atoms with Crippen molar-refractivity contribution in [3.05, 3.63) is 23.8 Å². The number of rotatable bonds is 4. The van der Waals surface area contributed by atoms with Crippen LogP contribution in [0, 0.1) is 17.2 Å². The van der Waals surface area contributed by atoms with Gasteiger partial charge in [-0.15, -0.1) is 5.10 Å². The smallest absolute Gasteiger partial charge is 0.282 e. The number of nitrogens with two attached hydrogens (primary N) is 1. The molecule has 10 nitrogen and oxygen atoms in total. The van der Waals surface area contributed by atoms with E-state index in [1.807, 2.05) is 0 Å². The van der Waals surface area contributed by atoms with Gasteiger partial charge < -0.3 is 21.3 Å². The van der Waals surface area contributed by atoms with E-state index < -0.39 is 30.7 Å². The summed E-state index contributed by atoms with van der Waals surface area (Å²) < 4.78 is 41.8. The monoisotopic (exact) mass is 604 g/mol. The lowest BCUT2D eigenvalue weighted by Gasteiger charge is -2.55. The third-order valence-electron chi connectivity index (χ3n) is 10.1. The molecule has 4 N–H and O–H groups in total. The van der Waals surface area contributed by atoms with Gasteiger partial charge in [-0.3, -0.25) is 14.5 Å². The molecule has 0 radical (unpaired) electrons. The number of fused-ring (bicyclic) bond motifs is 1. The standard InChI is InChI=1S/C30H43F3N8O2/c31-21-14-36-26-23(25(34)38-41(26)16-21)27(42)37-22-15-35-17-29(10-6-4-2-1-3-5-7-11-29)24(22)39-12-8-20(9-13-39)28(43)40-18-30(32,33)19-40/h14,16,20,22,24,35H,1-13,15,17-19H2,(H2,34,38)(H,37,42). The van der Waals surface area contributed by atoms with Gasteiger partial charge in [-0.05, 0) is 38.8 Å². The summed E-state index contributed by atoms with van der Waals surface area (Å²) in [5.74, 6) is -4.19. The number of aromatic nitrogens is 3. The normalized spacial score (nSPS) is 27.1. The summed E-state index contributed by atoms with van der Waals surface area (Å²) in [5, 5.41) is 11.0. The lowest BCUT2D eigenvalue weighted by Crippen LogP contribution is -2.69. The SMILES string of the molecule is Nc1nn2cc(F)cnc2c1C(=O)NC1CNCC2(CCCCCCCCC2)C1N1CCC(C(=O)N2CC(F)(F)C2)CC1. The van der Waals surface area contributed by atoms with Gasteiger partial charge in [0.1, 0.15) is 5.56 Å². The average Bonchev–Trinajstić information content (AvgIpc) is 3.30. The molecule has 1 saturated carbocycles. The topological polar surface area (TPSA) is 121 Å². The molecule has 2 aromatic heterocycles. The molecule has 3 aliphatic heterocycles. The molecular weight excluding hydrogens is 561 g/mol. The molecule has 0 aromatic carbocycles. The van der Waals surface area contributed by atoms with Crippen molar-refractivity contribution < 1.29 is 22.8 Å². The van der Waals surface area contributed by atoms with E-state index in [2.05, 4.69) is 25.6 Å². The zero-order chi connectivity index (χ0) is 30.2. The maximum atomic E-state index is 13.8. The lowest BCUT2D eigenvalue weighted by molar-refractivity contribution is -0.171. The van der Waals surface area contributed by atoms with Crippen molar-refractivity contribution in [1.82, 2.24) is 35.0 Å². The Morgan fingerprint density at radius 1 is 1.02 bits per heavy atom. The van der Waals surface area contributed by atoms with Crippen LogP contribution in [0.5, 0.6) is 0 Å². The number of carbonyl (C=O) groups is 2. The predicted molar refractivity (Wildman–Crippen MR) is 155 cm³/mol. The molecule has 1 spiro atoms. The first-order chi connectivity index (χ1) is 20.7. The zero-order valence-corrected chi connectivity index (χ0v) is 24.7. The second-order valence-electron chi connectivity index (χ2n) is 13.2. The minimum absolute atomic E-state index is 0.0137. The van der Waals surface area contributed by atoms with Crippen molar-refractivity contribution in [2.75, 3.05) is 45.0 Å². The van der Waals surface area contributed by atoms with E-state index in [-0.39, 0.29) is 46.4 Å². The van der Waals surface area contributed by atoms with Crippen molar-refractivity contribution in [3.8, 4) is 0 Å². The predicted octanol–water partition coefficient (Wildman–Crippen LogP) is 3.22. The molecule has 2 unspecified atom stereocenters. The van der Waals surface area contributed by atoms with Gasteiger partial charge in [0, 0.05) is 30.5 Å². The highest BCUT2D eigenvalue weighted by atomic mass is 19.3. The van der Waals surface area contributed by atoms with Crippen LogP contribution in [0.3, 0.4) is 0 Å². The van der Waals surface area contributed by atoms with Crippen molar-refractivity contribution in [3.63, 3.8) is 0 Å².